The molecule has 0 aliphatic heterocycles. The molecule has 0 spiro atoms. The van der Waals surface area contributed by atoms with Gasteiger partial charge in [0.1, 0.15) is 0 Å². The first-order valence-electron chi connectivity index (χ1n) is 5.62. The van der Waals surface area contributed by atoms with Gasteiger partial charge in [0.25, 0.3) is 0 Å². The molecule has 0 fully saturated rings. The van der Waals surface area contributed by atoms with Crippen molar-refractivity contribution in [2.75, 3.05) is 19.6 Å². The van der Waals surface area contributed by atoms with Crippen LogP contribution in [0.1, 0.15) is 13.3 Å². The van der Waals surface area contributed by atoms with Crippen molar-refractivity contribution in [3.05, 3.63) is 28.2 Å². The van der Waals surface area contributed by atoms with Crippen LogP contribution >= 0.6 is 23.2 Å². The molecule has 0 radical (unpaired) electrons. The average molecular weight is 311 g/mol. The van der Waals surface area contributed by atoms with Gasteiger partial charge in [0, 0.05) is 16.6 Å². The molecule has 102 valence electrons. The highest BCUT2D eigenvalue weighted by Crippen LogP contribution is 2.21. The third-order valence-electron chi connectivity index (χ3n) is 2.22. The fraction of sp³-hybridized carbons (Fsp3) is 0.455. The summed E-state index contributed by atoms with van der Waals surface area (Å²) in [5.41, 5.74) is 0. The Morgan fingerprint density at radius 3 is 2.28 bits per heavy atom. The minimum atomic E-state index is -3.54. The van der Waals surface area contributed by atoms with Gasteiger partial charge in [0.15, 0.2) is 0 Å². The maximum atomic E-state index is 11.9. The van der Waals surface area contributed by atoms with Crippen LogP contribution in [0, 0.1) is 0 Å². The van der Waals surface area contributed by atoms with E-state index in [1.54, 1.807) is 0 Å². The Balaban J connectivity index is 2.63. The van der Waals surface area contributed by atoms with Crippen molar-refractivity contribution in [1.82, 2.24) is 10.0 Å². The maximum Gasteiger partial charge on any atom is 0.240 e. The van der Waals surface area contributed by atoms with Crippen LogP contribution in [0.2, 0.25) is 10.0 Å². The molecule has 7 heteroatoms. The summed E-state index contributed by atoms with van der Waals surface area (Å²) in [7, 11) is -3.54. The van der Waals surface area contributed by atoms with Gasteiger partial charge in [-0.05, 0) is 37.7 Å². The summed E-state index contributed by atoms with van der Waals surface area (Å²) in [6.45, 7) is 4.02. The summed E-state index contributed by atoms with van der Waals surface area (Å²) in [6.07, 6.45) is 0.724. The number of hydrogen-bond acceptors (Lipinski definition) is 3. The van der Waals surface area contributed by atoms with Gasteiger partial charge >= 0.3 is 0 Å². The molecule has 0 aromatic heterocycles. The van der Waals surface area contributed by atoms with E-state index in [1.807, 2.05) is 6.92 Å². The van der Waals surface area contributed by atoms with Gasteiger partial charge in [-0.15, -0.1) is 0 Å². The summed E-state index contributed by atoms with van der Waals surface area (Å²) < 4.78 is 26.3. The summed E-state index contributed by atoms with van der Waals surface area (Å²) in [4.78, 5) is 0.0865. The van der Waals surface area contributed by atoms with Crippen molar-refractivity contribution in [2.24, 2.45) is 0 Å². The second kappa shape index (κ2) is 7.31. The van der Waals surface area contributed by atoms with Gasteiger partial charge in [-0.2, -0.15) is 0 Å². The summed E-state index contributed by atoms with van der Waals surface area (Å²) in [6, 6.07) is 4.24. The Kier molecular flexibility index (Phi) is 6.38. The zero-order valence-electron chi connectivity index (χ0n) is 10.0. The number of halogens is 2. The Morgan fingerprint density at radius 1 is 1.11 bits per heavy atom. The monoisotopic (exact) mass is 310 g/mol. The van der Waals surface area contributed by atoms with Gasteiger partial charge in [-0.25, -0.2) is 13.1 Å². The van der Waals surface area contributed by atoms with Crippen molar-refractivity contribution in [3.63, 3.8) is 0 Å². The fourth-order valence-electron chi connectivity index (χ4n) is 1.36. The van der Waals surface area contributed by atoms with Crippen LogP contribution in [-0.2, 0) is 10.0 Å². The van der Waals surface area contributed by atoms with E-state index < -0.39 is 10.0 Å². The Morgan fingerprint density at radius 2 is 1.72 bits per heavy atom. The number of nitrogens with one attached hydrogen (secondary N) is 2. The molecule has 0 unspecified atom stereocenters. The van der Waals surface area contributed by atoms with Gasteiger partial charge in [0.05, 0.1) is 4.90 Å². The van der Waals surface area contributed by atoms with Crippen LogP contribution in [0.25, 0.3) is 0 Å². The number of benzene rings is 1. The number of rotatable bonds is 7. The first kappa shape index (κ1) is 15.7. The summed E-state index contributed by atoms with van der Waals surface area (Å²) >= 11 is 11.5. The molecule has 0 heterocycles. The molecule has 18 heavy (non-hydrogen) atoms. The molecule has 0 aliphatic carbocycles. The predicted octanol–water partition coefficient (Wildman–Crippen LogP) is 2.27. The predicted molar refractivity (Wildman–Crippen MR) is 74.8 cm³/mol. The molecule has 4 nitrogen and oxygen atoms in total. The average Bonchev–Trinajstić information content (AvgIpc) is 2.27. The highest BCUT2D eigenvalue weighted by atomic mass is 35.5. The van der Waals surface area contributed by atoms with E-state index in [1.165, 1.54) is 18.2 Å². The first-order chi connectivity index (χ1) is 8.45. The zero-order chi connectivity index (χ0) is 13.6. The van der Waals surface area contributed by atoms with Crippen LogP contribution in [0.5, 0.6) is 0 Å². The molecule has 0 saturated heterocycles. The molecule has 0 amide bonds. The van der Waals surface area contributed by atoms with Crippen molar-refractivity contribution >= 4 is 33.2 Å². The number of hydrogen-bond donors (Lipinski definition) is 2. The Bertz CT molecular complexity index is 472. The van der Waals surface area contributed by atoms with Crippen LogP contribution in [0.3, 0.4) is 0 Å². The van der Waals surface area contributed by atoms with Crippen LogP contribution in [0.4, 0.5) is 0 Å². The lowest BCUT2D eigenvalue weighted by Gasteiger charge is -2.07. The van der Waals surface area contributed by atoms with Crippen molar-refractivity contribution < 1.29 is 8.42 Å². The van der Waals surface area contributed by atoms with Gasteiger partial charge in [-0.3, -0.25) is 0 Å². The standard InChI is InChI=1S/C11H16Cl2N2O2S/c1-2-14-4-3-5-15-18(16,17)11-7-9(12)6-10(13)8-11/h6-8,14-15H,2-5H2,1H3. The van der Waals surface area contributed by atoms with E-state index in [9.17, 15) is 8.42 Å². The van der Waals surface area contributed by atoms with E-state index in [2.05, 4.69) is 10.0 Å². The summed E-state index contributed by atoms with van der Waals surface area (Å²) in [5, 5.41) is 3.72. The minimum absolute atomic E-state index is 0.0865. The number of sulfonamides is 1. The van der Waals surface area contributed by atoms with Crippen molar-refractivity contribution in [3.8, 4) is 0 Å². The maximum absolute atomic E-state index is 11.9. The third-order valence-corrected chi connectivity index (χ3v) is 4.10. The van der Waals surface area contributed by atoms with E-state index in [0.29, 0.717) is 16.6 Å². The van der Waals surface area contributed by atoms with Crippen molar-refractivity contribution in [1.29, 1.82) is 0 Å². The first-order valence-corrected chi connectivity index (χ1v) is 7.86. The third kappa shape index (κ3) is 5.12. The molecule has 0 saturated carbocycles. The van der Waals surface area contributed by atoms with Crippen LogP contribution in [-0.4, -0.2) is 28.1 Å². The van der Waals surface area contributed by atoms with Gasteiger partial charge < -0.3 is 5.32 Å². The van der Waals surface area contributed by atoms with Gasteiger partial charge in [0.2, 0.25) is 10.0 Å². The summed E-state index contributed by atoms with van der Waals surface area (Å²) in [5.74, 6) is 0. The lowest BCUT2D eigenvalue weighted by atomic mass is 10.4. The van der Waals surface area contributed by atoms with Crippen LogP contribution in [0.15, 0.2) is 23.1 Å². The second-order valence-electron chi connectivity index (χ2n) is 3.71. The van der Waals surface area contributed by atoms with Crippen LogP contribution < -0.4 is 10.0 Å². The highest BCUT2D eigenvalue weighted by Gasteiger charge is 2.14. The molecule has 1 aromatic carbocycles. The lowest BCUT2D eigenvalue weighted by Crippen LogP contribution is -2.27. The van der Waals surface area contributed by atoms with Gasteiger partial charge in [-0.1, -0.05) is 30.1 Å². The molecular formula is C11H16Cl2N2O2S. The van der Waals surface area contributed by atoms with E-state index in [0.717, 1.165) is 19.5 Å². The molecule has 1 rings (SSSR count). The minimum Gasteiger partial charge on any atom is -0.317 e. The molecule has 2 N–H and O–H groups in total. The topological polar surface area (TPSA) is 58.2 Å². The zero-order valence-corrected chi connectivity index (χ0v) is 12.4. The van der Waals surface area contributed by atoms with E-state index in [-0.39, 0.29) is 4.90 Å². The fourth-order valence-corrected chi connectivity index (χ4v) is 3.16. The Hall–Kier alpha value is -0.330. The van der Waals surface area contributed by atoms with E-state index in [4.69, 9.17) is 23.2 Å². The smallest absolute Gasteiger partial charge is 0.240 e. The molecule has 1 aromatic rings. The lowest BCUT2D eigenvalue weighted by molar-refractivity contribution is 0.575. The SMILES string of the molecule is CCNCCCNS(=O)(=O)c1cc(Cl)cc(Cl)c1. The largest absolute Gasteiger partial charge is 0.317 e. The molecular weight excluding hydrogens is 295 g/mol. The highest BCUT2D eigenvalue weighted by molar-refractivity contribution is 7.89. The Labute approximate surface area is 118 Å². The molecule has 0 aliphatic rings. The quantitative estimate of drug-likeness (QED) is 0.760. The normalized spacial score (nSPS) is 11.7. The molecule has 0 atom stereocenters. The molecule has 0 bridgehead atoms. The van der Waals surface area contributed by atoms with E-state index >= 15 is 0 Å². The second-order valence-corrected chi connectivity index (χ2v) is 6.35. The van der Waals surface area contributed by atoms with Crippen molar-refractivity contribution in [2.45, 2.75) is 18.2 Å².